The molecule has 1 aliphatic rings. The number of benzene rings is 1. The average Bonchev–Trinajstić information content (AvgIpc) is 3.01. The maximum atomic E-state index is 12.1. The van der Waals surface area contributed by atoms with Gasteiger partial charge < -0.3 is 14.2 Å². The quantitative estimate of drug-likeness (QED) is 0.787. The van der Waals surface area contributed by atoms with Crippen LogP contribution in [-0.2, 0) is 24.4 Å². The summed E-state index contributed by atoms with van der Waals surface area (Å²) in [6.45, 7) is 4.50. The van der Waals surface area contributed by atoms with Gasteiger partial charge in [0.25, 0.3) is 0 Å². The Morgan fingerprint density at radius 3 is 2.70 bits per heavy atom. The van der Waals surface area contributed by atoms with Crippen LogP contribution in [0.4, 0.5) is 0 Å². The third-order valence-electron chi connectivity index (χ3n) is 3.28. The van der Waals surface area contributed by atoms with Gasteiger partial charge in [0.1, 0.15) is 0 Å². The minimum Gasteiger partial charge on any atom is -0.465 e. The smallest absolute Gasteiger partial charge is 0.330 e. The van der Waals surface area contributed by atoms with Gasteiger partial charge in [-0.2, -0.15) is 5.26 Å². The highest BCUT2D eigenvalue weighted by Gasteiger charge is 2.40. The highest BCUT2D eigenvalue weighted by Crippen LogP contribution is 2.34. The second-order valence-corrected chi connectivity index (χ2v) is 4.62. The molecule has 20 heavy (non-hydrogen) atoms. The molecule has 1 heterocycles. The van der Waals surface area contributed by atoms with Crippen molar-refractivity contribution in [3.63, 3.8) is 0 Å². The summed E-state index contributed by atoms with van der Waals surface area (Å²) in [6.07, 6.45) is -0.534. The number of nitriles is 1. The molecule has 5 nitrogen and oxygen atoms in total. The lowest BCUT2D eigenvalue weighted by Crippen LogP contribution is -2.34. The molecule has 2 rings (SSSR count). The molecular formula is C15H17NO4. The molecule has 0 amide bonds. The highest BCUT2D eigenvalue weighted by atomic mass is 16.7. The first-order valence-electron chi connectivity index (χ1n) is 6.54. The number of carbonyl (C=O) groups is 1. The van der Waals surface area contributed by atoms with Crippen molar-refractivity contribution in [2.24, 2.45) is 0 Å². The van der Waals surface area contributed by atoms with Gasteiger partial charge >= 0.3 is 5.97 Å². The van der Waals surface area contributed by atoms with Gasteiger partial charge in [-0.1, -0.05) is 24.3 Å². The largest absolute Gasteiger partial charge is 0.465 e. The van der Waals surface area contributed by atoms with Gasteiger partial charge in [0, 0.05) is 5.56 Å². The maximum absolute atomic E-state index is 12.1. The molecule has 1 unspecified atom stereocenters. The third-order valence-corrected chi connectivity index (χ3v) is 3.28. The van der Waals surface area contributed by atoms with Crippen LogP contribution in [0.5, 0.6) is 0 Å². The van der Waals surface area contributed by atoms with Crippen molar-refractivity contribution < 1.29 is 19.0 Å². The van der Waals surface area contributed by atoms with Crippen LogP contribution in [0.3, 0.4) is 0 Å². The first kappa shape index (κ1) is 14.5. The Hall–Kier alpha value is -1.90. The Labute approximate surface area is 118 Å². The Bertz CT molecular complexity index is 531. The lowest BCUT2D eigenvalue weighted by Gasteiger charge is -2.24. The van der Waals surface area contributed by atoms with E-state index in [0.29, 0.717) is 24.3 Å². The lowest BCUT2D eigenvalue weighted by molar-refractivity contribution is -0.147. The molecule has 1 fully saturated rings. The highest BCUT2D eigenvalue weighted by molar-refractivity contribution is 5.86. The average molecular weight is 275 g/mol. The van der Waals surface area contributed by atoms with E-state index < -0.39 is 17.7 Å². The predicted molar refractivity (Wildman–Crippen MR) is 70.7 cm³/mol. The monoisotopic (exact) mass is 275 g/mol. The van der Waals surface area contributed by atoms with E-state index in [9.17, 15) is 10.1 Å². The van der Waals surface area contributed by atoms with Crippen LogP contribution in [0.25, 0.3) is 0 Å². The molecule has 1 atom stereocenters. The molecule has 106 valence electrons. The van der Waals surface area contributed by atoms with E-state index in [1.54, 1.807) is 32.0 Å². The summed E-state index contributed by atoms with van der Waals surface area (Å²) in [5.41, 5.74) is -0.114. The molecule has 5 heteroatoms. The van der Waals surface area contributed by atoms with Crippen molar-refractivity contribution in [1.82, 2.24) is 0 Å². The van der Waals surface area contributed by atoms with E-state index in [4.69, 9.17) is 14.2 Å². The van der Waals surface area contributed by atoms with E-state index in [2.05, 4.69) is 6.07 Å². The van der Waals surface area contributed by atoms with Crippen LogP contribution >= 0.6 is 0 Å². The van der Waals surface area contributed by atoms with E-state index >= 15 is 0 Å². The van der Waals surface area contributed by atoms with Crippen LogP contribution in [0.1, 0.15) is 31.3 Å². The first-order chi connectivity index (χ1) is 9.63. The minimum absolute atomic E-state index is 0.231. The van der Waals surface area contributed by atoms with Crippen molar-refractivity contribution in [3.8, 4) is 6.07 Å². The molecule has 0 radical (unpaired) electrons. The topological polar surface area (TPSA) is 68.6 Å². The number of rotatable bonds is 4. The molecular weight excluding hydrogens is 258 g/mol. The number of esters is 1. The molecule has 0 N–H and O–H groups in total. The summed E-state index contributed by atoms with van der Waals surface area (Å²) in [7, 11) is 0. The third kappa shape index (κ3) is 2.53. The standard InChI is InChI=1S/C15H17NO4/c1-3-18-14(17)15(2,10-16)12-7-5-4-6-11(12)13-19-8-9-20-13/h4-7,13H,3,8-9H2,1-2H3. The SMILES string of the molecule is CCOC(=O)C(C)(C#N)c1ccccc1C1OCCO1. The molecule has 0 aromatic heterocycles. The summed E-state index contributed by atoms with van der Waals surface area (Å²) in [5.74, 6) is -0.562. The van der Waals surface area contributed by atoms with E-state index in [1.165, 1.54) is 0 Å². The number of hydrogen-bond acceptors (Lipinski definition) is 5. The van der Waals surface area contributed by atoms with E-state index in [1.807, 2.05) is 6.07 Å². The molecule has 1 aliphatic heterocycles. The number of carbonyl (C=O) groups excluding carboxylic acids is 1. The fourth-order valence-electron chi connectivity index (χ4n) is 2.19. The van der Waals surface area contributed by atoms with Gasteiger partial charge in [-0.3, -0.25) is 0 Å². The van der Waals surface area contributed by atoms with Gasteiger partial charge in [0.2, 0.25) is 0 Å². The number of hydrogen-bond donors (Lipinski definition) is 0. The van der Waals surface area contributed by atoms with Gasteiger partial charge in [-0.15, -0.1) is 0 Å². The van der Waals surface area contributed by atoms with Gasteiger partial charge in [-0.05, 0) is 19.4 Å². The zero-order valence-corrected chi connectivity index (χ0v) is 11.6. The van der Waals surface area contributed by atoms with Crippen molar-refractivity contribution in [1.29, 1.82) is 5.26 Å². The minimum atomic E-state index is -1.37. The van der Waals surface area contributed by atoms with Crippen molar-refractivity contribution in [2.45, 2.75) is 25.6 Å². The second-order valence-electron chi connectivity index (χ2n) is 4.62. The molecule has 0 aliphatic carbocycles. The summed E-state index contributed by atoms with van der Waals surface area (Å²) < 4.78 is 16.0. The van der Waals surface area contributed by atoms with Crippen molar-refractivity contribution in [3.05, 3.63) is 35.4 Å². The molecule has 0 saturated carbocycles. The van der Waals surface area contributed by atoms with Crippen LogP contribution < -0.4 is 0 Å². The normalized spacial score (nSPS) is 18.2. The van der Waals surface area contributed by atoms with Crippen molar-refractivity contribution >= 4 is 5.97 Å². The summed E-state index contributed by atoms with van der Waals surface area (Å²) in [5, 5.41) is 9.47. The summed E-state index contributed by atoms with van der Waals surface area (Å²) in [4.78, 5) is 12.1. The van der Waals surface area contributed by atoms with Crippen LogP contribution in [0.15, 0.2) is 24.3 Å². The van der Waals surface area contributed by atoms with Crippen molar-refractivity contribution in [2.75, 3.05) is 19.8 Å². The number of nitrogens with zero attached hydrogens (tertiary/aromatic N) is 1. The van der Waals surface area contributed by atoms with Crippen LogP contribution in [0, 0.1) is 11.3 Å². The molecule has 1 aromatic carbocycles. The fraction of sp³-hybridized carbons (Fsp3) is 0.467. The van der Waals surface area contributed by atoms with Crippen LogP contribution in [-0.4, -0.2) is 25.8 Å². The molecule has 1 aromatic rings. The number of ether oxygens (including phenoxy) is 3. The first-order valence-corrected chi connectivity index (χ1v) is 6.54. The zero-order chi connectivity index (χ0) is 14.6. The maximum Gasteiger partial charge on any atom is 0.330 e. The summed E-state index contributed by atoms with van der Waals surface area (Å²) in [6, 6.07) is 9.21. The van der Waals surface area contributed by atoms with Gasteiger partial charge in [-0.25, -0.2) is 4.79 Å². The predicted octanol–water partition coefficient (Wildman–Crippen LogP) is 2.08. The molecule has 1 saturated heterocycles. The van der Waals surface area contributed by atoms with Crippen LogP contribution in [0.2, 0.25) is 0 Å². The second kappa shape index (κ2) is 6.04. The Morgan fingerprint density at radius 1 is 1.45 bits per heavy atom. The Balaban J connectivity index is 2.44. The van der Waals surface area contributed by atoms with Gasteiger partial charge in [0.15, 0.2) is 11.7 Å². The molecule has 0 spiro atoms. The Kier molecular flexibility index (Phi) is 4.38. The molecule has 0 bridgehead atoms. The fourth-order valence-corrected chi connectivity index (χ4v) is 2.19. The summed E-state index contributed by atoms with van der Waals surface area (Å²) >= 11 is 0. The van der Waals surface area contributed by atoms with E-state index in [0.717, 1.165) is 0 Å². The van der Waals surface area contributed by atoms with E-state index in [-0.39, 0.29) is 6.61 Å². The van der Waals surface area contributed by atoms with Gasteiger partial charge in [0.05, 0.1) is 25.9 Å². The Morgan fingerprint density at radius 2 is 2.10 bits per heavy atom. The lowest BCUT2D eigenvalue weighted by atomic mass is 9.81. The zero-order valence-electron chi connectivity index (χ0n) is 11.6.